The quantitative estimate of drug-likeness (QED) is 0.135. The molecule has 0 bridgehead atoms. The molecule has 5 rings (SSSR count). The summed E-state index contributed by atoms with van der Waals surface area (Å²) in [7, 11) is 3.29. The SMILES string of the molecule is CC(O)[C@H]1C(=O)N2C(C(=O)OCc3ccc([N+](=O)[O-])cc3)=C(SC3C[C@@H](CCC(=O)N(C)C)N(C(=O)OCc4ccc([N+](=O)[O-])cc4)C3)[C@@H](C)[C@H]12. The van der Waals surface area contributed by atoms with Gasteiger partial charge in [0.05, 0.1) is 27.9 Å². The molecule has 3 heterocycles. The number of β-lactam (4-membered cyclic amide) rings is 1. The summed E-state index contributed by atoms with van der Waals surface area (Å²) in [5, 5.41) is 32.2. The number of nitro groups is 2. The van der Waals surface area contributed by atoms with Crippen molar-refractivity contribution in [3.05, 3.63) is 90.5 Å². The van der Waals surface area contributed by atoms with Gasteiger partial charge in [0.25, 0.3) is 11.4 Å². The van der Waals surface area contributed by atoms with Crippen LogP contribution in [0, 0.1) is 32.1 Å². The molecular formula is C34H39N5O11S. The number of likely N-dealkylation sites (tertiary alicyclic amines) is 1. The van der Waals surface area contributed by atoms with Crippen molar-refractivity contribution in [1.29, 1.82) is 0 Å². The molecule has 16 nitrogen and oxygen atoms in total. The van der Waals surface area contributed by atoms with Crippen molar-refractivity contribution in [2.75, 3.05) is 20.6 Å². The lowest BCUT2D eigenvalue weighted by atomic mass is 9.79. The van der Waals surface area contributed by atoms with Gasteiger partial charge in [-0.3, -0.25) is 29.8 Å². The van der Waals surface area contributed by atoms with Crippen LogP contribution >= 0.6 is 11.8 Å². The topological polar surface area (TPSA) is 203 Å². The van der Waals surface area contributed by atoms with E-state index in [4.69, 9.17) is 9.47 Å². The fraction of sp³-hybridized carbons (Fsp3) is 0.471. The molecule has 0 spiro atoms. The summed E-state index contributed by atoms with van der Waals surface area (Å²) in [5.74, 6) is -2.32. The Morgan fingerprint density at radius 3 is 2.04 bits per heavy atom. The van der Waals surface area contributed by atoms with Gasteiger partial charge in [-0.1, -0.05) is 6.92 Å². The molecule has 0 aliphatic carbocycles. The number of hydrogen-bond acceptors (Lipinski definition) is 12. The molecule has 2 aromatic carbocycles. The standard InChI is InChI=1S/C34H39N5O11S/c1-19-29-28(20(2)40)32(42)37(29)30(33(43)49-17-21-5-9-23(10-6-21)38(45)46)31(19)51-26-15-25(13-14-27(41)35(3)4)36(16-26)34(44)50-18-22-7-11-24(12-8-22)39(47)48/h5-12,19-20,25-26,28-29,40H,13-18H2,1-4H3/t19-,20?,25+,26?,28+,29+/m0/s1. The van der Waals surface area contributed by atoms with E-state index in [0.717, 1.165) is 0 Å². The van der Waals surface area contributed by atoms with Crippen LogP contribution in [0.4, 0.5) is 16.2 Å². The minimum Gasteiger partial charge on any atom is -0.456 e. The third-order valence-electron chi connectivity index (χ3n) is 9.42. The molecule has 0 saturated carbocycles. The highest BCUT2D eigenvalue weighted by molar-refractivity contribution is 8.03. The lowest BCUT2D eigenvalue weighted by Crippen LogP contribution is -2.63. The van der Waals surface area contributed by atoms with Crippen LogP contribution in [0.25, 0.3) is 0 Å². The normalized spacial score (nSPS) is 23.0. The second-order valence-corrected chi connectivity index (χ2v) is 14.4. The minimum absolute atomic E-state index is 0.0693. The molecule has 2 unspecified atom stereocenters. The first-order chi connectivity index (χ1) is 24.2. The molecule has 6 atom stereocenters. The zero-order valence-electron chi connectivity index (χ0n) is 28.5. The number of amides is 3. The van der Waals surface area contributed by atoms with Crippen LogP contribution in [0.3, 0.4) is 0 Å². The number of nitrogens with zero attached hydrogens (tertiary/aromatic N) is 5. The number of esters is 1. The molecule has 3 amide bonds. The molecule has 2 aromatic rings. The third kappa shape index (κ3) is 7.99. The number of benzene rings is 2. The summed E-state index contributed by atoms with van der Waals surface area (Å²) in [4.78, 5) is 78.8. The Morgan fingerprint density at radius 2 is 1.53 bits per heavy atom. The summed E-state index contributed by atoms with van der Waals surface area (Å²) in [6.07, 6.45) is -0.577. The average molecular weight is 726 g/mol. The van der Waals surface area contributed by atoms with E-state index >= 15 is 0 Å². The van der Waals surface area contributed by atoms with E-state index in [1.807, 2.05) is 6.92 Å². The van der Waals surface area contributed by atoms with Gasteiger partial charge in [0.1, 0.15) is 18.9 Å². The predicted octanol–water partition coefficient (Wildman–Crippen LogP) is 4.00. The van der Waals surface area contributed by atoms with Crippen LogP contribution in [0.1, 0.15) is 44.2 Å². The number of hydrogen-bond donors (Lipinski definition) is 1. The van der Waals surface area contributed by atoms with Crippen molar-refractivity contribution in [1.82, 2.24) is 14.7 Å². The van der Waals surface area contributed by atoms with Crippen molar-refractivity contribution in [2.45, 2.75) is 69.8 Å². The predicted molar refractivity (Wildman–Crippen MR) is 183 cm³/mol. The Kier molecular flexibility index (Phi) is 11.3. The molecule has 3 aliphatic rings. The Bertz CT molecular complexity index is 1730. The number of fused-ring (bicyclic) bond motifs is 1. The van der Waals surface area contributed by atoms with E-state index in [1.54, 1.807) is 19.0 Å². The van der Waals surface area contributed by atoms with Crippen molar-refractivity contribution >= 4 is 47.0 Å². The van der Waals surface area contributed by atoms with Crippen LogP contribution < -0.4 is 0 Å². The number of nitro benzene ring substituents is 2. The number of rotatable bonds is 13. The lowest BCUT2D eigenvalue weighted by Gasteiger charge is -2.46. The number of aliphatic hydroxyl groups excluding tert-OH is 1. The maximum absolute atomic E-state index is 13.7. The van der Waals surface area contributed by atoms with Gasteiger partial charge in [0.2, 0.25) is 11.8 Å². The van der Waals surface area contributed by atoms with Gasteiger partial charge in [-0.15, -0.1) is 11.8 Å². The smallest absolute Gasteiger partial charge is 0.410 e. The largest absolute Gasteiger partial charge is 0.456 e. The Hall–Kier alpha value is -5.03. The number of carbonyl (C=O) groups excluding carboxylic acids is 4. The van der Waals surface area contributed by atoms with Gasteiger partial charge in [-0.05, 0) is 55.2 Å². The van der Waals surface area contributed by atoms with Gasteiger partial charge in [-0.2, -0.15) is 0 Å². The summed E-state index contributed by atoms with van der Waals surface area (Å²) < 4.78 is 11.2. The molecule has 272 valence electrons. The van der Waals surface area contributed by atoms with Gasteiger partial charge >= 0.3 is 12.1 Å². The zero-order chi connectivity index (χ0) is 37.1. The van der Waals surface area contributed by atoms with Gasteiger partial charge in [0, 0.05) is 73.4 Å². The summed E-state index contributed by atoms with van der Waals surface area (Å²) in [6.45, 7) is 3.29. The van der Waals surface area contributed by atoms with Crippen molar-refractivity contribution in [3.63, 3.8) is 0 Å². The van der Waals surface area contributed by atoms with E-state index in [2.05, 4.69) is 0 Å². The highest BCUT2D eigenvalue weighted by Gasteiger charge is 2.60. The number of ether oxygens (including phenoxy) is 2. The molecule has 0 aromatic heterocycles. The van der Waals surface area contributed by atoms with E-state index in [1.165, 1.54) is 77.0 Å². The summed E-state index contributed by atoms with van der Waals surface area (Å²) in [6, 6.07) is 10.3. The van der Waals surface area contributed by atoms with Crippen LogP contribution in [0.5, 0.6) is 0 Å². The molecule has 1 N–H and O–H groups in total. The fourth-order valence-electron chi connectivity index (χ4n) is 6.69. The highest BCUT2D eigenvalue weighted by atomic mass is 32.2. The van der Waals surface area contributed by atoms with Crippen molar-refractivity contribution in [3.8, 4) is 0 Å². The monoisotopic (exact) mass is 725 g/mol. The minimum atomic E-state index is -0.950. The van der Waals surface area contributed by atoms with Crippen LogP contribution in [0.2, 0.25) is 0 Å². The molecule has 2 fully saturated rings. The first kappa shape index (κ1) is 37.2. The fourth-order valence-corrected chi connectivity index (χ4v) is 8.25. The molecule has 2 saturated heterocycles. The van der Waals surface area contributed by atoms with E-state index in [0.29, 0.717) is 28.9 Å². The number of non-ortho nitro benzene ring substituents is 2. The van der Waals surface area contributed by atoms with E-state index in [-0.39, 0.29) is 66.4 Å². The van der Waals surface area contributed by atoms with Crippen molar-refractivity contribution in [2.24, 2.45) is 11.8 Å². The number of aliphatic hydroxyl groups is 1. The lowest BCUT2D eigenvalue weighted by molar-refractivity contribution is -0.385. The Morgan fingerprint density at radius 1 is 0.980 bits per heavy atom. The third-order valence-corrected chi connectivity index (χ3v) is 10.9. The Labute approximate surface area is 297 Å². The molecular weight excluding hydrogens is 686 g/mol. The van der Waals surface area contributed by atoms with Crippen molar-refractivity contribution < 1.29 is 43.6 Å². The maximum Gasteiger partial charge on any atom is 0.410 e. The first-order valence-electron chi connectivity index (χ1n) is 16.4. The highest BCUT2D eigenvalue weighted by Crippen LogP contribution is 2.52. The molecule has 3 aliphatic heterocycles. The second kappa shape index (κ2) is 15.5. The van der Waals surface area contributed by atoms with E-state index < -0.39 is 45.9 Å². The zero-order valence-corrected chi connectivity index (χ0v) is 29.3. The second-order valence-electron chi connectivity index (χ2n) is 13.1. The molecule has 17 heteroatoms. The van der Waals surface area contributed by atoms with Crippen LogP contribution in [-0.4, -0.2) is 97.6 Å². The Balaban J connectivity index is 1.35. The number of carbonyl (C=O) groups is 4. The van der Waals surface area contributed by atoms with Gasteiger partial charge < -0.3 is 29.3 Å². The van der Waals surface area contributed by atoms with Crippen LogP contribution in [0.15, 0.2) is 59.1 Å². The first-order valence-corrected chi connectivity index (χ1v) is 17.2. The molecule has 0 radical (unpaired) electrons. The average Bonchev–Trinajstić information content (AvgIpc) is 3.61. The summed E-state index contributed by atoms with van der Waals surface area (Å²) >= 11 is 1.35. The van der Waals surface area contributed by atoms with E-state index in [9.17, 15) is 44.5 Å². The van der Waals surface area contributed by atoms with Gasteiger partial charge in [-0.25, -0.2) is 9.59 Å². The maximum atomic E-state index is 13.7. The summed E-state index contributed by atoms with van der Waals surface area (Å²) in [5.41, 5.74) is 0.935. The number of thioether (sulfide) groups is 1. The molecule has 51 heavy (non-hydrogen) atoms. The van der Waals surface area contributed by atoms with Gasteiger partial charge in [0.15, 0.2) is 0 Å². The van der Waals surface area contributed by atoms with Crippen LogP contribution in [-0.2, 0) is 37.1 Å².